The topological polar surface area (TPSA) is 21.3 Å². The fourth-order valence-electron chi connectivity index (χ4n) is 2.33. The van der Waals surface area contributed by atoms with E-state index in [1.54, 1.807) is 0 Å². The number of hydrogen-bond acceptors (Lipinski definition) is 3. The van der Waals surface area contributed by atoms with E-state index in [0.717, 1.165) is 18.8 Å². The third kappa shape index (κ3) is 2.20. The molecule has 0 spiro atoms. The zero-order chi connectivity index (χ0) is 10.8. The van der Waals surface area contributed by atoms with E-state index in [2.05, 4.69) is 23.5 Å². The van der Waals surface area contributed by atoms with Crippen molar-refractivity contribution >= 4 is 11.8 Å². The van der Waals surface area contributed by atoms with E-state index in [-0.39, 0.29) is 0 Å². The molecule has 1 N–H and O–H groups in total. The van der Waals surface area contributed by atoms with Crippen molar-refractivity contribution in [2.75, 3.05) is 11.5 Å². The maximum absolute atomic E-state index is 6.04. The van der Waals surface area contributed by atoms with Crippen LogP contribution in [0.2, 0.25) is 0 Å². The lowest BCUT2D eigenvalue weighted by atomic mass is 10.1. The Bertz CT molecular complexity index is 374. The van der Waals surface area contributed by atoms with Crippen LogP contribution < -0.4 is 10.1 Å². The van der Waals surface area contributed by atoms with Gasteiger partial charge in [0.1, 0.15) is 11.9 Å². The Morgan fingerprint density at radius 3 is 2.81 bits per heavy atom. The molecule has 16 heavy (non-hydrogen) atoms. The number of ether oxygens (including phenoxy) is 1. The Morgan fingerprint density at radius 1 is 1.12 bits per heavy atom. The van der Waals surface area contributed by atoms with E-state index in [4.69, 9.17) is 4.74 Å². The van der Waals surface area contributed by atoms with Crippen molar-refractivity contribution in [1.29, 1.82) is 0 Å². The highest BCUT2D eigenvalue weighted by molar-refractivity contribution is 7.99. The Kier molecular flexibility index (Phi) is 3.06. The SMILES string of the molecule is c1cc2c(cc1OC1CCSCC1)CNC2. The zero-order valence-corrected chi connectivity index (χ0v) is 10.2. The third-order valence-electron chi connectivity index (χ3n) is 3.28. The normalized spacial score (nSPS) is 20.8. The molecule has 3 rings (SSSR count). The van der Waals surface area contributed by atoms with Gasteiger partial charge in [-0.05, 0) is 47.6 Å². The molecule has 0 atom stereocenters. The van der Waals surface area contributed by atoms with E-state index in [0.29, 0.717) is 6.10 Å². The van der Waals surface area contributed by atoms with Gasteiger partial charge in [-0.3, -0.25) is 0 Å². The monoisotopic (exact) mass is 235 g/mol. The van der Waals surface area contributed by atoms with Gasteiger partial charge in [-0.1, -0.05) is 6.07 Å². The van der Waals surface area contributed by atoms with E-state index >= 15 is 0 Å². The minimum absolute atomic E-state index is 0.439. The highest BCUT2D eigenvalue weighted by Crippen LogP contribution is 2.26. The maximum atomic E-state index is 6.04. The van der Waals surface area contributed by atoms with Crippen LogP contribution in [-0.4, -0.2) is 17.6 Å². The molecule has 3 heteroatoms. The standard InChI is InChI=1S/C13H17NOS/c1-2-13(7-11-9-14-8-10(1)11)15-12-3-5-16-6-4-12/h1-2,7,12,14H,3-6,8-9H2. The molecular formula is C13H17NOS. The molecule has 0 saturated carbocycles. The summed E-state index contributed by atoms with van der Waals surface area (Å²) in [5, 5.41) is 3.36. The van der Waals surface area contributed by atoms with Crippen molar-refractivity contribution in [1.82, 2.24) is 5.32 Å². The Balaban J connectivity index is 1.69. The summed E-state index contributed by atoms with van der Waals surface area (Å²) in [4.78, 5) is 0. The van der Waals surface area contributed by atoms with Gasteiger partial charge >= 0.3 is 0 Å². The lowest BCUT2D eigenvalue weighted by Gasteiger charge is -2.23. The van der Waals surface area contributed by atoms with Crippen LogP contribution in [0.4, 0.5) is 0 Å². The van der Waals surface area contributed by atoms with E-state index in [1.165, 1.54) is 35.5 Å². The summed E-state index contributed by atoms with van der Waals surface area (Å²) < 4.78 is 6.04. The van der Waals surface area contributed by atoms with Crippen LogP contribution in [0.1, 0.15) is 24.0 Å². The van der Waals surface area contributed by atoms with Crippen LogP contribution in [0, 0.1) is 0 Å². The Labute approximate surface area is 101 Å². The van der Waals surface area contributed by atoms with E-state index < -0.39 is 0 Å². The lowest BCUT2D eigenvalue weighted by Crippen LogP contribution is -2.22. The minimum Gasteiger partial charge on any atom is -0.490 e. The van der Waals surface area contributed by atoms with Crippen molar-refractivity contribution in [3.05, 3.63) is 29.3 Å². The van der Waals surface area contributed by atoms with Gasteiger partial charge in [0.05, 0.1) is 0 Å². The molecule has 2 heterocycles. The first-order valence-corrected chi connectivity index (χ1v) is 7.14. The minimum atomic E-state index is 0.439. The molecular weight excluding hydrogens is 218 g/mol. The summed E-state index contributed by atoms with van der Waals surface area (Å²) in [5.41, 5.74) is 2.83. The zero-order valence-electron chi connectivity index (χ0n) is 9.37. The number of thioether (sulfide) groups is 1. The predicted octanol–water partition coefficient (Wildman–Crippen LogP) is 2.56. The number of nitrogens with one attached hydrogen (secondary N) is 1. The summed E-state index contributed by atoms with van der Waals surface area (Å²) >= 11 is 2.04. The van der Waals surface area contributed by atoms with Crippen LogP contribution >= 0.6 is 11.8 Å². The van der Waals surface area contributed by atoms with Crippen molar-refractivity contribution in [3.8, 4) is 5.75 Å². The fraction of sp³-hybridized carbons (Fsp3) is 0.538. The molecule has 0 amide bonds. The van der Waals surface area contributed by atoms with Crippen molar-refractivity contribution in [2.45, 2.75) is 32.0 Å². The third-order valence-corrected chi connectivity index (χ3v) is 4.33. The largest absolute Gasteiger partial charge is 0.490 e. The molecule has 0 aliphatic carbocycles. The van der Waals surface area contributed by atoms with Crippen molar-refractivity contribution in [3.63, 3.8) is 0 Å². The quantitative estimate of drug-likeness (QED) is 0.851. The van der Waals surface area contributed by atoms with Crippen molar-refractivity contribution < 1.29 is 4.74 Å². The molecule has 2 nitrogen and oxygen atoms in total. The second-order valence-corrected chi connectivity index (χ2v) is 5.69. The summed E-state index contributed by atoms with van der Waals surface area (Å²) in [7, 11) is 0. The van der Waals surface area contributed by atoms with Gasteiger partial charge in [-0.2, -0.15) is 11.8 Å². The summed E-state index contributed by atoms with van der Waals surface area (Å²) in [6.45, 7) is 2.00. The van der Waals surface area contributed by atoms with Crippen LogP contribution in [0.3, 0.4) is 0 Å². The van der Waals surface area contributed by atoms with Gasteiger partial charge in [0.15, 0.2) is 0 Å². The lowest BCUT2D eigenvalue weighted by molar-refractivity contribution is 0.192. The van der Waals surface area contributed by atoms with Crippen LogP contribution in [0.15, 0.2) is 18.2 Å². The number of fused-ring (bicyclic) bond motifs is 1. The molecule has 0 aromatic heterocycles. The van der Waals surface area contributed by atoms with Crippen LogP contribution in [-0.2, 0) is 13.1 Å². The van der Waals surface area contributed by atoms with Gasteiger partial charge in [-0.25, -0.2) is 0 Å². The summed E-state index contributed by atoms with van der Waals surface area (Å²) in [6.07, 6.45) is 2.83. The first kappa shape index (κ1) is 10.5. The van der Waals surface area contributed by atoms with Crippen LogP contribution in [0.25, 0.3) is 0 Å². The summed E-state index contributed by atoms with van der Waals surface area (Å²) in [6, 6.07) is 6.52. The second-order valence-electron chi connectivity index (χ2n) is 4.46. The molecule has 1 fully saturated rings. The highest BCUT2D eigenvalue weighted by atomic mass is 32.2. The highest BCUT2D eigenvalue weighted by Gasteiger charge is 2.16. The molecule has 1 aromatic rings. The van der Waals surface area contributed by atoms with Gasteiger partial charge < -0.3 is 10.1 Å². The first-order valence-electron chi connectivity index (χ1n) is 5.99. The average molecular weight is 235 g/mol. The Morgan fingerprint density at radius 2 is 1.94 bits per heavy atom. The van der Waals surface area contributed by atoms with Gasteiger partial charge in [0.25, 0.3) is 0 Å². The molecule has 2 aliphatic rings. The smallest absolute Gasteiger partial charge is 0.120 e. The van der Waals surface area contributed by atoms with E-state index in [1.807, 2.05) is 11.8 Å². The Hall–Kier alpha value is -0.670. The summed E-state index contributed by atoms with van der Waals surface area (Å²) in [5.74, 6) is 3.55. The van der Waals surface area contributed by atoms with Gasteiger partial charge in [-0.15, -0.1) is 0 Å². The molecule has 0 bridgehead atoms. The molecule has 2 aliphatic heterocycles. The average Bonchev–Trinajstić information content (AvgIpc) is 2.77. The molecule has 1 aromatic carbocycles. The van der Waals surface area contributed by atoms with E-state index in [9.17, 15) is 0 Å². The van der Waals surface area contributed by atoms with Crippen LogP contribution in [0.5, 0.6) is 5.75 Å². The fourth-order valence-corrected chi connectivity index (χ4v) is 3.39. The predicted molar refractivity (Wildman–Crippen MR) is 68.0 cm³/mol. The molecule has 1 saturated heterocycles. The van der Waals surface area contributed by atoms with Gasteiger partial charge in [0.2, 0.25) is 0 Å². The molecule has 0 unspecified atom stereocenters. The molecule has 86 valence electrons. The number of benzene rings is 1. The van der Waals surface area contributed by atoms with Crippen molar-refractivity contribution in [2.24, 2.45) is 0 Å². The van der Waals surface area contributed by atoms with Gasteiger partial charge in [0, 0.05) is 13.1 Å². The maximum Gasteiger partial charge on any atom is 0.120 e. The second kappa shape index (κ2) is 4.68. The number of hydrogen-bond donors (Lipinski definition) is 1. The first-order chi connectivity index (χ1) is 7.92. The molecule has 0 radical (unpaired) electrons. The number of rotatable bonds is 2.